The lowest BCUT2D eigenvalue weighted by atomic mass is 9.97. The molecule has 2 heterocycles. The van der Waals surface area contributed by atoms with E-state index < -0.39 is 16.7 Å². The number of hydrogen-bond acceptors (Lipinski definition) is 6. The van der Waals surface area contributed by atoms with E-state index >= 15 is 0 Å². The fraction of sp³-hybridized carbons (Fsp3) is 0.412. The molecule has 0 radical (unpaired) electrons. The summed E-state index contributed by atoms with van der Waals surface area (Å²) in [7, 11) is 0. The number of nitro groups is 1. The number of rotatable bonds is 5. The van der Waals surface area contributed by atoms with Gasteiger partial charge in [0.05, 0.1) is 29.7 Å². The van der Waals surface area contributed by atoms with Gasteiger partial charge >= 0.3 is 5.97 Å². The number of aromatic nitrogens is 2. The van der Waals surface area contributed by atoms with Crippen molar-refractivity contribution < 1.29 is 18.8 Å². The molecule has 1 aliphatic heterocycles. The molecule has 0 saturated heterocycles. The highest BCUT2D eigenvalue weighted by molar-refractivity contribution is 5.89. The van der Waals surface area contributed by atoms with Crippen LogP contribution in [0.2, 0.25) is 0 Å². The Kier molecular flexibility index (Phi) is 6.50. The second-order valence-corrected chi connectivity index (χ2v) is 6.15. The molecule has 3 rings (SSSR count). The Labute approximate surface area is 161 Å². The predicted octanol–water partition coefficient (Wildman–Crippen LogP) is 2.78. The Balaban J connectivity index is 0.00000261. The minimum absolute atomic E-state index is 0. The smallest absolute Gasteiger partial charge is 0.359 e. The summed E-state index contributed by atoms with van der Waals surface area (Å²) in [6.45, 7) is 5.17. The third-order valence-electron chi connectivity index (χ3n) is 4.35. The van der Waals surface area contributed by atoms with Crippen molar-refractivity contribution in [2.24, 2.45) is 0 Å². The number of carbonyl (C=O) groups is 1. The number of fused-ring (bicyclic) bond motifs is 1. The summed E-state index contributed by atoms with van der Waals surface area (Å²) in [5.41, 5.74) is 1.81. The molecule has 0 spiro atoms. The standard InChI is InChI=1S/C17H19FN4O4.ClH/c1-3-26-17(23)15-13-8-19-7-10(2)16(13)21(20-15)9-11-4-5-12(18)6-14(11)22(24)25;/h4-6,10,19H,3,7-9H2,1-2H3;1H. The molecule has 1 atom stereocenters. The van der Waals surface area contributed by atoms with Crippen LogP contribution < -0.4 is 5.32 Å². The molecule has 2 aromatic rings. The van der Waals surface area contributed by atoms with E-state index in [4.69, 9.17) is 4.74 Å². The second-order valence-electron chi connectivity index (χ2n) is 6.15. The van der Waals surface area contributed by atoms with Crippen molar-refractivity contribution in [2.45, 2.75) is 32.9 Å². The van der Waals surface area contributed by atoms with Gasteiger partial charge in [-0.1, -0.05) is 6.92 Å². The van der Waals surface area contributed by atoms with Crippen molar-refractivity contribution in [1.82, 2.24) is 15.1 Å². The Hall–Kier alpha value is -2.52. The molecule has 1 N–H and O–H groups in total. The third-order valence-corrected chi connectivity index (χ3v) is 4.35. The normalized spacial score (nSPS) is 15.6. The zero-order valence-electron chi connectivity index (χ0n) is 14.9. The Morgan fingerprint density at radius 2 is 2.26 bits per heavy atom. The van der Waals surface area contributed by atoms with E-state index in [9.17, 15) is 19.3 Å². The minimum Gasteiger partial charge on any atom is -0.461 e. The predicted molar refractivity (Wildman–Crippen MR) is 97.7 cm³/mol. The van der Waals surface area contributed by atoms with Crippen molar-refractivity contribution in [2.75, 3.05) is 13.2 Å². The average Bonchev–Trinajstić information content (AvgIpc) is 2.96. The zero-order valence-corrected chi connectivity index (χ0v) is 15.7. The van der Waals surface area contributed by atoms with Gasteiger partial charge in [-0.2, -0.15) is 5.10 Å². The van der Waals surface area contributed by atoms with Crippen LogP contribution in [0.25, 0.3) is 0 Å². The van der Waals surface area contributed by atoms with Gasteiger partial charge in [-0.15, -0.1) is 12.4 Å². The molecule has 0 fully saturated rings. The van der Waals surface area contributed by atoms with Crippen LogP contribution in [0.5, 0.6) is 0 Å². The Morgan fingerprint density at radius 3 is 2.93 bits per heavy atom. The largest absolute Gasteiger partial charge is 0.461 e. The molecule has 1 aromatic heterocycles. The van der Waals surface area contributed by atoms with Crippen LogP contribution in [-0.2, 0) is 17.8 Å². The Morgan fingerprint density at radius 1 is 1.52 bits per heavy atom. The molecule has 1 aliphatic rings. The fourth-order valence-corrected chi connectivity index (χ4v) is 3.23. The number of nitro benzene ring substituents is 1. The molecule has 1 unspecified atom stereocenters. The van der Waals surface area contributed by atoms with Gasteiger partial charge in [-0.25, -0.2) is 9.18 Å². The highest BCUT2D eigenvalue weighted by Crippen LogP contribution is 2.29. The minimum atomic E-state index is -0.673. The maximum atomic E-state index is 13.4. The van der Waals surface area contributed by atoms with Gasteiger partial charge in [0.2, 0.25) is 0 Å². The second kappa shape index (κ2) is 8.45. The molecule has 10 heteroatoms. The number of hydrogen-bond donors (Lipinski definition) is 1. The lowest BCUT2D eigenvalue weighted by Crippen LogP contribution is -2.29. The van der Waals surface area contributed by atoms with Crippen LogP contribution in [0.15, 0.2) is 18.2 Å². The van der Waals surface area contributed by atoms with Crippen LogP contribution in [0, 0.1) is 15.9 Å². The molecule has 0 bridgehead atoms. The number of halogens is 2. The molecule has 146 valence electrons. The average molecular weight is 399 g/mol. The van der Waals surface area contributed by atoms with Crippen molar-refractivity contribution in [3.05, 3.63) is 56.6 Å². The van der Waals surface area contributed by atoms with Crippen molar-refractivity contribution in [1.29, 1.82) is 0 Å². The van der Waals surface area contributed by atoms with Gasteiger partial charge in [-0.05, 0) is 19.1 Å². The van der Waals surface area contributed by atoms with E-state index in [0.717, 1.165) is 17.3 Å². The lowest BCUT2D eigenvalue weighted by molar-refractivity contribution is -0.385. The molecule has 8 nitrogen and oxygen atoms in total. The quantitative estimate of drug-likeness (QED) is 0.472. The van der Waals surface area contributed by atoms with Crippen molar-refractivity contribution in [3.63, 3.8) is 0 Å². The summed E-state index contributed by atoms with van der Waals surface area (Å²) in [6.07, 6.45) is 0. The van der Waals surface area contributed by atoms with E-state index in [1.165, 1.54) is 12.1 Å². The summed E-state index contributed by atoms with van der Waals surface area (Å²) in [4.78, 5) is 22.8. The Bertz CT molecular complexity index is 871. The first kappa shape index (κ1) is 20.8. The molecule has 0 amide bonds. The van der Waals surface area contributed by atoms with E-state index in [-0.39, 0.29) is 42.9 Å². The van der Waals surface area contributed by atoms with Crippen LogP contribution >= 0.6 is 12.4 Å². The zero-order chi connectivity index (χ0) is 18.8. The molecule has 1 aromatic carbocycles. The number of nitrogens with one attached hydrogen (secondary N) is 1. The maximum Gasteiger partial charge on any atom is 0.359 e. The number of nitrogens with zero attached hydrogens (tertiary/aromatic N) is 3. The van der Waals surface area contributed by atoms with Crippen LogP contribution in [0.1, 0.15) is 47.1 Å². The van der Waals surface area contributed by atoms with Gasteiger partial charge in [0, 0.05) is 30.3 Å². The van der Waals surface area contributed by atoms with Gasteiger partial charge in [0.15, 0.2) is 5.69 Å². The summed E-state index contributed by atoms with van der Waals surface area (Å²) in [6, 6.07) is 3.44. The van der Waals surface area contributed by atoms with E-state index in [2.05, 4.69) is 10.4 Å². The first-order valence-corrected chi connectivity index (χ1v) is 8.32. The number of esters is 1. The molecule has 27 heavy (non-hydrogen) atoms. The van der Waals surface area contributed by atoms with Gasteiger partial charge in [0.1, 0.15) is 5.82 Å². The van der Waals surface area contributed by atoms with Crippen LogP contribution in [0.4, 0.5) is 10.1 Å². The highest BCUT2D eigenvalue weighted by Gasteiger charge is 2.30. The third kappa shape index (κ3) is 4.09. The molecule has 0 saturated carbocycles. The maximum absolute atomic E-state index is 13.4. The molecular formula is C17H20ClFN4O4. The highest BCUT2D eigenvalue weighted by atomic mass is 35.5. The molecule has 0 aliphatic carbocycles. The van der Waals surface area contributed by atoms with Crippen molar-refractivity contribution in [3.8, 4) is 0 Å². The first-order chi connectivity index (χ1) is 12.4. The first-order valence-electron chi connectivity index (χ1n) is 8.32. The lowest BCUT2D eigenvalue weighted by Gasteiger charge is -2.22. The van der Waals surface area contributed by atoms with Gasteiger partial charge < -0.3 is 10.1 Å². The SMILES string of the molecule is CCOC(=O)c1nn(Cc2ccc(F)cc2[N+](=O)[O-])c2c1CNCC2C.Cl. The fourth-order valence-electron chi connectivity index (χ4n) is 3.23. The van der Waals surface area contributed by atoms with E-state index in [1.807, 2.05) is 6.92 Å². The van der Waals surface area contributed by atoms with Gasteiger partial charge in [0.25, 0.3) is 5.69 Å². The van der Waals surface area contributed by atoms with E-state index in [1.54, 1.807) is 11.6 Å². The summed E-state index contributed by atoms with van der Waals surface area (Å²) >= 11 is 0. The number of carbonyl (C=O) groups excluding carboxylic acids is 1. The van der Waals surface area contributed by atoms with Gasteiger partial charge in [-0.3, -0.25) is 14.8 Å². The topological polar surface area (TPSA) is 99.3 Å². The summed E-state index contributed by atoms with van der Waals surface area (Å²) in [5, 5.41) is 18.8. The van der Waals surface area contributed by atoms with Crippen LogP contribution in [-0.4, -0.2) is 33.8 Å². The summed E-state index contributed by atoms with van der Waals surface area (Å²) in [5.74, 6) is -1.13. The van der Waals surface area contributed by atoms with E-state index in [0.29, 0.717) is 18.7 Å². The molecular weight excluding hydrogens is 379 g/mol. The summed E-state index contributed by atoms with van der Waals surface area (Å²) < 4.78 is 20.0. The van der Waals surface area contributed by atoms with Crippen molar-refractivity contribution >= 4 is 24.1 Å². The van der Waals surface area contributed by atoms with Crippen LogP contribution in [0.3, 0.4) is 0 Å². The monoisotopic (exact) mass is 398 g/mol. The number of ether oxygens (including phenoxy) is 1. The number of benzene rings is 1.